The molecule has 0 bridgehead atoms. The molecular weight excluding hydrogens is 169 g/mol. The van der Waals surface area contributed by atoms with Crippen molar-refractivity contribution in [2.24, 2.45) is 5.73 Å². The van der Waals surface area contributed by atoms with Crippen LogP contribution in [-0.2, 0) is 13.6 Å². The molecule has 0 aliphatic carbocycles. The predicted octanol–water partition coefficient (Wildman–Crippen LogP) is 0.139. The first-order valence-corrected chi connectivity index (χ1v) is 4.62. The molecule has 0 fully saturated rings. The normalized spacial score (nSPS) is 17.9. The summed E-state index contributed by atoms with van der Waals surface area (Å²) in [5.74, 6) is 0. The lowest BCUT2D eigenvalue weighted by Gasteiger charge is -2.27. The van der Waals surface area contributed by atoms with Crippen LogP contribution < -0.4 is 5.73 Å². The van der Waals surface area contributed by atoms with Crippen molar-refractivity contribution in [2.45, 2.75) is 12.3 Å². The molecule has 0 radical (unpaired) electrons. The molecule has 0 spiro atoms. The lowest BCUT2D eigenvalue weighted by atomic mass is 10.4. The first kappa shape index (κ1) is 11.1. The summed E-state index contributed by atoms with van der Waals surface area (Å²) in [6, 6.07) is 0. The maximum absolute atomic E-state index is 11.4. The largest absolute Gasteiger partial charge is 0.377 e. The van der Waals surface area contributed by atoms with Gasteiger partial charge in [-0.2, -0.15) is 0 Å². The molecule has 11 heavy (non-hydrogen) atoms. The lowest BCUT2D eigenvalue weighted by Crippen LogP contribution is -2.34. The van der Waals surface area contributed by atoms with Crippen molar-refractivity contribution < 1.29 is 18.7 Å². The summed E-state index contributed by atoms with van der Waals surface area (Å²) in [5.41, 5.74) is 5.16. The van der Waals surface area contributed by atoms with E-state index < -0.39 is 12.9 Å². The van der Waals surface area contributed by atoms with Gasteiger partial charge in [0, 0.05) is 20.8 Å². The van der Waals surface area contributed by atoms with Crippen LogP contribution in [0.25, 0.3) is 0 Å². The van der Waals surface area contributed by atoms with Crippen LogP contribution in [0.5, 0.6) is 0 Å². The van der Waals surface area contributed by atoms with Gasteiger partial charge in [0.15, 0.2) is 5.34 Å². The zero-order valence-electron chi connectivity index (χ0n) is 6.90. The molecule has 0 aromatic carbocycles. The van der Waals surface area contributed by atoms with Crippen LogP contribution in [0.1, 0.15) is 6.92 Å². The molecule has 0 saturated heterocycles. The average molecular weight is 183 g/mol. The van der Waals surface area contributed by atoms with E-state index in [4.69, 9.17) is 5.73 Å². The monoisotopic (exact) mass is 183 g/mol. The van der Waals surface area contributed by atoms with E-state index in [-0.39, 0.29) is 6.54 Å². The molecule has 3 N–H and O–H groups in total. The summed E-state index contributed by atoms with van der Waals surface area (Å²) in [5, 5.41) is 7.79. The predicted molar refractivity (Wildman–Crippen MR) is 41.3 cm³/mol. The average Bonchev–Trinajstić information content (AvgIpc) is 2.02. The summed E-state index contributed by atoms with van der Waals surface area (Å²) >= 11 is 0. The van der Waals surface area contributed by atoms with E-state index >= 15 is 0 Å². The number of hydrogen-bond donors (Lipinski definition) is 2. The molecule has 68 valence electrons. The van der Waals surface area contributed by atoms with Crippen LogP contribution in [-0.4, -0.2) is 31.2 Å². The Morgan fingerprint density at radius 3 is 2.00 bits per heavy atom. The molecule has 0 saturated carbocycles. The first-order chi connectivity index (χ1) is 4.93. The van der Waals surface area contributed by atoms with Crippen molar-refractivity contribution in [2.75, 3.05) is 20.8 Å². The number of nitrogens with two attached hydrogens (primary N) is 1. The fourth-order valence-corrected chi connectivity index (χ4v) is 1.74. The zero-order chi connectivity index (χ0) is 9.12. The van der Waals surface area contributed by atoms with E-state index in [2.05, 4.69) is 9.05 Å². The van der Waals surface area contributed by atoms with Crippen molar-refractivity contribution in [3.63, 3.8) is 0 Å². The highest BCUT2D eigenvalue weighted by Gasteiger charge is 2.43. The summed E-state index contributed by atoms with van der Waals surface area (Å²) in [4.78, 5) is 0. The summed E-state index contributed by atoms with van der Waals surface area (Å²) in [7, 11) is -1.05. The molecule has 0 aromatic heterocycles. The first-order valence-electron chi connectivity index (χ1n) is 3.07. The number of hydrogen-bond acceptors (Lipinski definition) is 5. The molecule has 0 amide bonds. The molecule has 0 aliphatic rings. The van der Waals surface area contributed by atoms with Crippen molar-refractivity contribution in [3.05, 3.63) is 0 Å². The second kappa shape index (κ2) is 3.65. The minimum atomic E-state index is -3.45. The summed E-state index contributed by atoms with van der Waals surface area (Å²) < 4.78 is 20.5. The Morgan fingerprint density at radius 2 is 1.91 bits per heavy atom. The highest BCUT2D eigenvalue weighted by molar-refractivity contribution is 7.55. The van der Waals surface area contributed by atoms with Crippen LogP contribution in [0.3, 0.4) is 0 Å². The quantitative estimate of drug-likeness (QED) is 0.606. The van der Waals surface area contributed by atoms with Gasteiger partial charge in [0.1, 0.15) is 0 Å². The third kappa shape index (κ3) is 2.01. The molecule has 0 aromatic rings. The fourth-order valence-electron chi connectivity index (χ4n) is 0.580. The van der Waals surface area contributed by atoms with E-state index in [1.54, 1.807) is 0 Å². The molecule has 0 rings (SSSR count). The van der Waals surface area contributed by atoms with Gasteiger partial charge in [0.2, 0.25) is 0 Å². The highest BCUT2D eigenvalue weighted by atomic mass is 31.2. The highest BCUT2D eigenvalue weighted by Crippen LogP contribution is 2.56. The molecule has 0 heterocycles. The fraction of sp³-hybridized carbons (Fsp3) is 1.00. The minimum Gasteiger partial charge on any atom is -0.377 e. The van der Waals surface area contributed by atoms with Gasteiger partial charge in [-0.15, -0.1) is 0 Å². The Labute approximate surface area is 66.0 Å². The van der Waals surface area contributed by atoms with E-state index in [1.807, 2.05) is 0 Å². The van der Waals surface area contributed by atoms with Crippen LogP contribution in [0, 0.1) is 0 Å². The van der Waals surface area contributed by atoms with Crippen LogP contribution >= 0.6 is 7.60 Å². The second-order valence-corrected chi connectivity index (χ2v) is 4.97. The Hall–Kier alpha value is 0.0700. The lowest BCUT2D eigenvalue weighted by molar-refractivity contribution is 0.101. The van der Waals surface area contributed by atoms with Crippen molar-refractivity contribution >= 4 is 7.60 Å². The van der Waals surface area contributed by atoms with E-state index in [0.29, 0.717) is 0 Å². The van der Waals surface area contributed by atoms with E-state index in [9.17, 15) is 9.67 Å². The third-order valence-electron chi connectivity index (χ3n) is 1.46. The minimum absolute atomic E-state index is 0.175. The number of rotatable bonds is 4. The molecule has 1 atom stereocenters. The van der Waals surface area contributed by atoms with E-state index in [1.165, 1.54) is 21.1 Å². The Bertz CT molecular complexity index is 162. The Balaban J connectivity index is 4.63. The SMILES string of the molecule is COP(=O)(OC)C(C)(O)CN. The maximum atomic E-state index is 11.4. The molecule has 5 nitrogen and oxygen atoms in total. The standard InChI is InChI=1S/C5H14NO4P/c1-5(7,4-6)11(8,9-2)10-3/h7H,4,6H2,1-3H3. The van der Waals surface area contributed by atoms with Crippen LogP contribution in [0.4, 0.5) is 0 Å². The second-order valence-electron chi connectivity index (χ2n) is 2.28. The van der Waals surface area contributed by atoms with Gasteiger partial charge >= 0.3 is 7.60 Å². The summed E-state index contributed by atoms with van der Waals surface area (Å²) in [6.07, 6.45) is 0. The van der Waals surface area contributed by atoms with Crippen molar-refractivity contribution in [3.8, 4) is 0 Å². The van der Waals surface area contributed by atoms with Crippen molar-refractivity contribution in [1.82, 2.24) is 0 Å². The van der Waals surface area contributed by atoms with Crippen molar-refractivity contribution in [1.29, 1.82) is 0 Å². The van der Waals surface area contributed by atoms with Gasteiger partial charge in [0.25, 0.3) is 0 Å². The van der Waals surface area contributed by atoms with Gasteiger partial charge in [-0.25, -0.2) is 0 Å². The summed E-state index contributed by atoms with van der Waals surface area (Å²) in [6.45, 7) is 1.13. The van der Waals surface area contributed by atoms with Crippen LogP contribution in [0.2, 0.25) is 0 Å². The van der Waals surface area contributed by atoms with Gasteiger partial charge in [0.05, 0.1) is 0 Å². The molecule has 6 heteroatoms. The Kier molecular flexibility index (Phi) is 3.67. The van der Waals surface area contributed by atoms with Gasteiger partial charge in [-0.05, 0) is 6.92 Å². The molecular formula is C5H14NO4P. The van der Waals surface area contributed by atoms with Gasteiger partial charge < -0.3 is 19.9 Å². The topological polar surface area (TPSA) is 81.8 Å². The van der Waals surface area contributed by atoms with Crippen LogP contribution in [0.15, 0.2) is 0 Å². The third-order valence-corrected chi connectivity index (χ3v) is 3.78. The van der Waals surface area contributed by atoms with Gasteiger partial charge in [-0.1, -0.05) is 0 Å². The zero-order valence-corrected chi connectivity index (χ0v) is 7.80. The van der Waals surface area contributed by atoms with Gasteiger partial charge in [-0.3, -0.25) is 4.57 Å². The smallest absolute Gasteiger partial charge is 0.362 e. The van der Waals surface area contributed by atoms with E-state index in [0.717, 1.165) is 0 Å². The molecule has 1 unspecified atom stereocenters. The maximum Gasteiger partial charge on any atom is 0.362 e. The molecule has 0 aliphatic heterocycles. The Morgan fingerprint density at radius 1 is 1.55 bits per heavy atom. The number of aliphatic hydroxyl groups is 1.